The first-order valence-corrected chi connectivity index (χ1v) is 3.29. The van der Waals surface area contributed by atoms with Crippen molar-refractivity contribution in [1.29, 1.82) is 5.41 Å². The predicted molar refractivity (Wildman–Crippen MR) is 47.5 cm³/mol. The Hall–Kier alpha value is -1.78. The molecule has 0 fully saturated rings. The lowest BCUT2D eigenvalue weighted by Crippen LogP contribution is -2.02. The molecule has 0 unspecified atom stereocenters. The lowest BCUT2D eigenvalue weighted by molar-refractivity contribution is 0.401. The first-order valence-electron chi connectivity index (χ1n) is 3.29. The second-order valence-electron chi connectivity index (χ2n) is 2.21. The Labute approximate surface area is 69.9 Å². The number of methoxy groups -OCH3 is 1. The molecule has 0 radical (unpaired) electrons. The van der Waals surface area contributed by atoms with Gasteiger partial charge in [-0.1, -0.05) is 0 Å². The predicted octanol–water partition coefficient (Wildman–Crippen LogP) is 0.252. The summed E-state index contributed by atoms with van der Waals surface area (Å²) < 4.78 is 4.83. The molecule has 0 saturated carbocycles. The number of aromatic nitrogens is 1. The zero-order chi connectivity index (χ0) is 9.14. The van der Waals surface area contributed by atoms with Gasteiger partial charge in [-0.2, -0.15) is 4.98 Å². The van der Waals surface area contributed by atoms with Crippen LogP contribution in [0.3, 0.4) is 0 Å². The van der Waals surface area contributed by atoms with Gasteiger partial charge < -0.3 is 21.6 Å². The van der Waals surface area contributed by atoms with Crippen LogP contribution in [0.5, 0.6) is 5.88 Å². The summed E-state index contributed by atoms with van der Waals surface area (Å²) in [7, 11) is 1.46. The van der Waals surface area contributed by atoms with Crippen LogP contribution >= 0.6 is 0 Å². The molecule has 0 aromatic carbocycles. The SMILES string of the molecule is COc1nc(N)c(C=N)cc1N. The van der Waals surface area contributed by atoms with Crippen molar-refractivity contribution in [2.45, 2.75) is 0 Å². The summed E-state index contributed by atoms with van der Waals surface area (Å²) in [5.41, 5.74) is 11.9. The number of nitrogen functional groups attached to an aromatic ring is 2. The van der Waals surface area contributed by atoms with E-state index in [9.17, 15) is 0 Å². The fraction of sp³-hybridized carbons (Fsp3) is 0.143. The van der Waals surface area contributed by atoms with Crippen molar-refractivity contribution in [3.63, 3.8) is 0 Å². The maximum Gasteiger partial charge on any atom is 0.238 e. The molecule has 0 aliphatic carbocycles. The minimum atomic E-state index is 0.246. The third kappa shape index (κ3) is 1.29. The monoisotopic (exact) mass is 166 g/mol. The fourth-order valence-corrected chi connectivity index (χ4v) is 0.821. The second-order valence-corrected chi connectivity index (χ2v) is 2.21. The molecule has 5 N–H and O–H groups in total. The highest BCUT2D eigenvalue weighted by atomic mass is 16.5. The fourth-order valence-electron chi connectivity index (χ4n) is 0.821. The average molecular weight is 166 g/mol. The van der Waals surface area contributed by atoms with Crippen LogP contribution in [-0.4, -0.2) is 18.3 Å². The van der Waals surface area contributed by atoms with Gasteiger partial charge in [0.2, 0.25) is 5.88 Å². The number of anilines is 2. The van der Waals surface area contributed by atoms with Crippen molar-refractivity contribution >= 4 is 17.7 Å². The summed E-state index contributed by atoms with van der Waals surface area (Å²) in [6.45, 7) is 0. The van der Waals surface area contributed by atoms with Crippen LogP contribution in [0.15, 0.2) is 6.07 Å². The number of rotatable bonds is 2. The topological polar surface area (TPSA) is 98.0 Å². The van der Waals surface area contributed by atoms with Crippen molar-refractivity contribution in [2.75, 3.05) is 18.6 Å². The van der Waals surface area contributed by atoms with E-state index >= 15 is 0 Å². The molecule has 0 atom stereocenters. The number of pyridine rings is 1. The first-order chi connectivity index (χ1) is 5.69. The van der Waals surface area contributed by atoms with Gasteiger partial charge in [0.25, 0.3) is 0 Å². The molecule has 0 bridgehead atoms. The van der Waals surface area contributed by atoms with Gasteiger partial charge in [0.05, 0.1) is 12.8 Å². The summed E-state index contributed by atoms with van der Waals surface area (Å²) >= 11 is 0. The lowest BCUT2D eigenvalue weighted by Gasteiger charge is -2.05. The van der Waals surface area contributed by atoms with Gasteiger partial charge in [-0.25, -0.2) is 0 Å². The highest BCUT2D eigenvalue weighted by Crippen LogP contribution is 2.21. The Kier molecular flexibility index (Phi) is 2.14. The molecule has 12 heavy (non-hydrogen) atoms. The van der Waals surface area contributed by atoms with Crippen LogP contribution in [0.1, 0.15) is 5.56 Å². The standard InChI is InChI=1S/C7H10N4O/c1-12-7-5(9)2-4(3-8)6(10)11-7/h2-3,8H,9H2,1H3,(H2,10,11). The van der Waals surface area contributed by atoms with Crippen LogP contribution in [-0.2, 0) is 0 Å². The normalized spacial score (nSPS) is 9.42. The van der Waals surface area contributed by atoms with Crippen molar-refractivity contribution in [3.8, 4) is 5.88 Å². The van der Waals surface area contributed by atoms with Crippen molar-refractivity contribution in [1.82, 2.24) is 4.98 Å². The summed E-state index contributed by atoms with van der Waals surface area (Å²) in [6.07, 6.45) is 1.10. The number of ether oxygens (including phenoxy) is 1. The zero-order valence-electron chi connectivity index (χ0n) is 6.66. The number of hydrogen-bond donors (Lipinski definition) is 3. The molecule has 1 aromatic rings. The first kappa shape index (κ1) is 8.32. The third-order valence-corrected chi connectivity index (χ3v) is 1.42. The van der Waals surface area contributed by atoms with Crippen molar-refractivity contribution in [2.24, 2.45) is 0 Å². The maximum absolute atomic E-state index is 6.97. The van der Waals surface area contributed by atoms with E-state index in [1.54, 1.807) is 6.07 Å². The minimum absolute atomic E-state index is 0.246. The molecule has 0 saturated heterocycles. The molecular formula is C7H10N4O. The highest BCUT2D eigenvalue weighted by molar-refractivity contribution is 5.85. The van der Waals surface area contributed by atoms with Crippen LogP contribution in [0, 0.1) is 5.41 Å². The zero-order valence-corrected chi connectivity index (χ0v) is 6.66. The van der Waals surface area contributed by atoms with E-state index in [4.69, 9.17) is 21.6 Å². The molecule has 1 heterocycles. The Morgan fingerprint density at radius 1 is 1.58 bits per heavy atom. The third-order valence-electron chi connectivity index (χ3n) is 1.42. The number of nitrogens with two attached hydrogens (primary N) is 2. The van der Waals surface area contributed by atoms with Crippen LogP contribution < -0.4 is 16.2 Å². The van der Waals surface area contributed by atoms with Crippen LogP contribution in [0.4, 0.5) is 11.5 Å². The number of nitrogens with zero attached hydrogens (tertiary/aromatic N) is 1. The van der Waals surface area contributed by atoms with E-state index in [2.05, 4.69) is 4.98 Å². The van der Waals surface area contributed by atoms with Gasteiger partial charge in [-0.3, -0.25) is 0 Å². The molecule has 0 amide bonds. The number of hydrogen-bond acceptors (Lipinski definition) is 5. The smallest absolute Gasteiger partial charge is 0.238 e. The van der Waals surface area contributed by atoms with Gasteiger partial charge >= 0.3 is 0 Å². The van der Waals surface area contributed by atoms with Gasteiger partial charge in [-0.15, -0.1) is 0 Å². The summed E-state index contributed by atoms with van der Waals surface area (Å²) in [5.74, 6) is 0.536. The maximum atomic E-state index is 6.97. The molecule has 0 aliphatic rings. The van der Waals surface area contributed by atoms with E-state index in [0.717, 1.165) is 6.21 Å². The second kappa shape index (κ2) is 3.08. The van der Waals surface area contributed by atoms with E-state index in [-0.39, 0.29) is 11.7 Å². The van der Waals surface area contributed by atoms with E-state index in [1.165, 1.54) is 7.11 Å². The molecule has 5 heteroatoms. The Balaban J connectivity index is 3.25. The van der Waals surface area contributed by atoms with Gasteiger partial charge in [0.1, 0.15) is 5.82 Å². The molecular weight excluding hydrogens is 156 g/mol. The average Bonchev–Trinajstić information content (AvgIpc) is 2.08. The Morgan fingerprint density at radius 3 is 2.75 bits per heavy atom. The van der Waals surface area contributed by atoms with Crippen molar-refractivity contribution in [3.05, 3.63) is 11.6 Å². The Bertz CT molecular complexity index is 311. The molecule has 64 valence electrons. The summed E-state index contributed by atoms with van der Waals surface area (Å²) in [4.78, 5) is 3.84. The number of nitrogens with one attached hydrogen (secondary N) is 1. The van der Waals surface area contributed by atoms with Gasteiger partial charge in [0, 0.05) is 11.8 Å². The van der Waals surface area contributed by atoms with Gasteiger partial charge in [-0.05, 0) is 6.07 Å². The largest absolute Gasteiger partial charge is 0.479 e. The molecule has 5 nitrogen and oxygen atoms in total. The highest BCUT2D eigenvalue weighted by Gasteiger charge is 2.05. The quantitative estimate of drug-likeness (QED) is 0.548. The van der Waals surface area contributed by atoms with E-state index in [0.29, 0.717) is 11.3 Å². The van der Waals surface area contributed by atoms with Gasteiger partial charge in [0.15, 0.2) is 0 Å². The van der Waals surface area contributed by atoms with E-state index in [1.807, 2.05) is 0 Å². The summed E-state index contributed by atoms with van der Waals surface area (Å²) in [5, 5.41) is 6.97. The molecule has 0 aliphatic heterocycles. The molecule has 0 spiro atoms. The van der Waals surface area contributed by atoms with Crippen molar-refractivity contribution < 1.29 is 4.74 Å². The lowest BCUT2D eigenvalue weighted by atomic mass is 10.2. The summed E-state index contributed by atoms with van der Waals surface area (Å²) in [6, 6.07) is 1.55. The van der Waals surface area contributed by atoms with Crippen LogP contribution in [0.25, 0.3) is 0 Å². The Morgan fingerprint density at radius 2 is 2.25 bits per heavy atom. The van der Waals surface area contributed by atoms with E-state index < -0.39 is 0 Å². The molecule has 1 aromatic heterocycles. The molecule has 1 rings (SSSR count). The van der Waals surface area contributed by atoms with Crippen LogP contribution in [0.2, 0.25) is 0 Å². The minimum Gasteiger partial charge on any atom is -0.479 e.